The van der Waals surface area contributed by atoms with Gasteiger partial charge in [0.2, 0.25) is 5.91 Å². The van der Waals surface area contributed by atoms with Crippen molar-refractivity contribution in [3.8, 4) is 0 Å². The molecule has 29 heavy (non-hydrogen) atoms. The van der Waals surface area contributed by atoms with Crippen LogP contribution in [0, 0.1) is 0 Å². The van der Waals surface area contributed by atoms with Gasteiger partial charge < -0.3 is 14.6 Å². The van der Waals surface area contributed by atoms with Gasteiger partial charge >= 0.3 is 6.03 Å². The Balaban J connectivity index is 1.33. The van der Waals surface area contributed by atoms with E-state index in [4.69, 9.17) is 4.42 Å². The summed E-state index contributed by atoms with van der Waals surface area (Å²) in [6.07, 6.45) is 5.57. The molecule has 1 fully saturated rings. The van der Waals surface area contributed by atoms with E-state index < -0.39 is 6.04 Å². The standard InChI is InChI=1S/C21H22N4O3S/c26-19(22-13-16-8-5-11-28-16)18-9-4-10-25(18)21(27)24-20-23-14-17(29-20)12-15-6-2-1-3-7-15/h1-3,5-8,11,14,18H,4,9-10,12-13H2,(H,22,26)(H,23,24,27)/t18-/m1/s1. The molecule has 3 amide bonds. The largest absolute Gasteiger partial charge is 0.467 e. The number of carbonyl (C=O) groups is 2. The summed E-state index contributed by atoms with van der Waals surface area (Å²) >= 11 is 1.45. The number of likely N-dealkylation sites (tertiary alicyclic amines) is 1. The van der Waals surface area contributed by atoms with Crippen LogP contribution in [0.2, 0.25) is 0 Å². The lowest BCUT2D eigenvalue weighted by Gasteiger charge is -2.23. The predicted octanol–water partition coefficient (Wildman–Crippen LogP) is 3.64. The molecule has 0 aliphatic carbocycles. The van der Waals surface area contributed by atoms with Crippen LogP contribution in [0.15, 0.2) is 59.3 Å². The lowest BCUT2D eigenvalue weighted by atomic mass is 10.1. The number of hydrogen-bond acceptors (Lipinski definition) is 5. The highest BCUT2D eigenvalue weighted by Gasteiger charge is 2.34. The summed E-state index contributed by atoms with van der Waals surface area (Å²) in [6.45, 7) is 0.861. The molecule has 1 atom stereocenters. The van der Waals surface area contributed by atoms with E-state index >= 15 is 0 Å². The third kappa shape index (κ3) is 4.83. The summed E-state index contributed by atoms with van der Waals surface area (Å²) in [5, 5.41) is 6.22. The van der Waals surface area contributed by atoms with E-state index in [1.165, 1.54) is 16.9 Å². The quantitative estimate of drug-likeness (QED) is 0.649. The van der Waals surface area contributed by atoms with Gasteiger partial charge in [0.05, 0.1) is 12.8 Å². The van der Waals surface area contributed by atoms with E-state index in [-0.39, 0.29) is 11.9 Å². The molecule has 2 N–H and O–H groups in total. The van der Waals surface area contributed by atoms with Gasteiger partial charge in [0.15, 0.2) is 5.13 Å². The molecule has 1 aliphatic rings. The number of anilines is 1. The van der Waals surface area contributed by atoms with Gasteiger partial charge in [-0.1, -0.05) is 30.3 Å². The summed E-state index contributed by atoms with van der Waals surface area (Å²) < 4.78 is 5.23. The van der Waals surface area contributed by atoms with Crippen LogP contribution >= 0.6 is 11.3 Å². The summed E-state index contributed by atoms with van der Waals surface area (Å²) in [5.74, 6) is 0.513. The highest BCUT2D eigenvalue weighted by atomic mass is 32.1. The van der Waals surface area contributed by atoms with E-state index in [1.54, 1.807) is 29.5 Å². The average Bonchev–Trinajstić information content (AvgIpc) is 3.49. The van der Waals surface area contributed by atoms with Crippen molar-refractivity contribution >= 4 is 28.4 Å². The number of furan rings is 1. The zero-order chi connectivity index (χ0) is 20.1. The average molecular weight is 410 g/mol. The number of aromatic nitrogens is 1. The van der Waals surface area contributed by atoms with Crippen molar-refractivity contribution < 1.29 is 14.0 Å². The fourth-order valence-electron chi connectivity index (χ4n) is 3.39. The second-order valence-corrected chi connectivity index (χ2v) is 7.99. The molecule has 1 saturated heterocycles. The molecular formula is C21H22N4O3S. The number of nitrogens with zero attached hydrogens (tertiary/aromatic N) is 2. The Labute approximate surface area is 172 Å². The molecule has 150 valence electrons. The van der Waals surface area contributed by atoms with Crippen LogP contribution in [0.25, 0.3) is 0 Å². The zero-order valence-corrected chi connectivity index (χ0v) is 16.7. The van der Waals surface area contributed by atoms with E-state index in [9.17, 15) is 9.59 Å². The summed E-state index contributed by atoms with van der Waals surface area (Å²) in [6, 6.07) is 12.9. The van der Waals surface area contributed by atoms with Gasteiger partial charge in [-0.2, -0.15) is 0 Å². The fourth-order valence-corrected chi connectivity index (χ4v) is 4.23. The van der Waals surface area contributed by atoms with Gasteiger partial charge in [0.25, 0.3) is 0 Å². The molecule has 3 aromatic rings. The first-order valence-corrected chi connectivity index (χ1v) is 10.4. The highest BCUT2D eigenvalue weighted by molar-refractivity contribution is 7.15. The van der Waals surface area contributed by atoms with Crippen LogP contribution in [0.5, 0.6) is 0 Å². The molecule has 0 radical (unpaired) electrons. The van der Waals surface area contributed by atoms with E-state index in [1.807, 2.05) is 18.2 Å². The summed E-state index contributed by atoms with van der Waals surface area (Å²) in [5.41, 5.74) is 1.20. The highest BCUT2D eigenvalue weighted by Crippen LogP contribution is 2.23. The molecule has 4 rings (SSSR count). The lowest BCUT2D eigenvalue weighted by Crippen LogP contribution is -2.47. The fraction of sp³-hybridized carbons (Fsp3) is 0.286. The Kier molecular flexibility index (Phi) is 5.90. The number of hydrogen-bond donors (Lipinski definition) is 2. The topological polar surface area (TPSA) is 87.5 Å². The maximum atomic E-state index is 12.7. The first-order chi connectivity index (χ1) is 14.2. The van der Waals surface area contributed by atoms with E-state index in [0.717, 1.165) is 17.7 Å². The Bertz CT molecular complexity index is 955. The summed E-state index contributed by atoms with van der Waals surface area (Å²) in [4.78, 5) is 32.2. The Morgan fingerprint density at radius 2 is 2.07 bits per heavy atom. The van der Waals surface area contributed by atoms with Gasteiger partial charge in [-0.25, -0.2) is 9.78 Å². The van der Waals surface area contributed by atoms with Gasteiger partial charge in [-0.15, -0.1) is 11.3 Å². The molecular weight excluding hydrogens is 388 g/mol. The minimum Gasteiger partial charge on any atom is -0.467 e. The third-order valence-electron chi connectivity index (χ3n) is 4.82. The van der Waals surface area contributed by atoms with Gasteiger partial charge in [0.1, 0.15) is 11.8 Å². The van der Waals surface area contributed by atoms with Crippen molar-refractivity contribution in [1.29, 1.82) is 0 Å². The van der Waals surface area contributed by atoms with Crippen LogP contribution in [0.1, 0.15) is 29.0 Å². The van der Waals surface area contributed by atoms with Gasteiger partial charge in [-0.05, 0) is 30.5 Å². The smallest absolute Gasteiger partial charge is 0.324 e. The van der Waals surface area contributed by atoms with Crippen LogP contribution in [0.4, 0.5) is 9.93 Å². The first-order valence-electron chi connectivity index (χ1n) is 9.55. The number of urea groups is 1. The first kappa shape index (κ1) is 19.2. The molecule has 8 heteroatoms. The van der Waals surface area contributed by atoms with Crippen LogP contribution in [-0.2, 0) is 17.8 Å². The molecule has 0 saturated carbocycles. The third-order valence-corrected chi connectivity index (χ3v) is 5.73. The lowest BCUT2D eigenvalue weighted by molar-refractivity contribution is -0.124. The molecule has 1 aromatic carbocycles. The minimum atomic E-state index is -0.478. The monoisotopic (exact) mass is 410 g/mol. The van der Waals surface area contributed by atoms with Crippen molar-refractivity contribution in [2.75, 3.05) is 11.9 Å². The number of nitrogens with one attached hydrogen (secondary N) is 2. The molecule has 3 heterocycles. The van der Waals surface area contributed by atoms with Gasteiger partial charge in [-0.3, -0.25) is 10.1 Å². The molecule has 0 bridgehead atoms. The molecule has 0 unspecified atom stereocenters. The number of thiazole rings is 1. The van der Waals surface area contributed by atoms with E-state index in [0.29, 0.717) is 30.4 Å². The number of rotatable bonds is 6. The Hall–Kier alpha value is -3.13. The number of carbonyl (C=O) groups excluding carboxylic acids is 2. The maximum Gasteiger partial charge on any atom is 0.324 e. The second kappa shape index (κ2) is 8.91. The van der Waals surface area contributed by atoms with Crippen molar-refractivity contribution in [3.05, 3.63) is 71.1 Å². The number of amides is 3. The van der Waals surface area contributed by atoms with E-state index in [2.05, 4.69) is 27.8 Å². The Morgan fingerprint density at radius 1 is 1.21 bits per heavy atom. The van der Waals surface area contributed by atoms with Gasteiger partial charge in [0, 0.05) is 24.0 Å². The second-order valence-electron chi connectivity index (χ2n) is 6.87. The predicted molar refractivity (Wildman–Crippen MR) is 111 cm³/mol. The zero-order valence-electron chi connectivity index (χ0n) is 15.8. The summed E-state index contributed by atoms with van der Waals surface area (Å²) in [7, 11) is 0. The van der Waals surface area contributed by atoms with Crippen molar-refractivity contribution in [3.63, 3.8) is 0 Å². The minimum absolute atomic E-state index is 0.169. The maximum absolute atomic E-state index is 12.7. The van der Waals surface area contributed by atoms with Crippen molar-refractivity contribution in [2.24, 2.45) is 0 Å². The molecule has 0 spiro atoms. The van der Waals surface area contributed by atoms with Crippen LogP contribution in [0.3, 0.4) is 0 Å². The number of benzene rings is 1. The van der Waals surface area contributed by atoms with Crippen molar-refractivity contribution in [1.82, 2.24) is 15.2 Å². The SMILES string of the molecule is O=C(NCc1ccco1)[C@H]1CCCN1C(=O)Nc1ncc(Cc2ccccc2)s1. The molecule has 2 aromatic heterocycles. The van der Waals surface area contributed by atoms with Crippen LogP contribution in [-0.4, -0.2) is 34.4 Å². The Morgan fingerprint density at radius 3 is 2.86 bits per heavy atom. The normalized spacial score (nSPS) is 16.0. The van der Waals surface area contributed by atoms with Crippen LogP contribution < -0.4 is 10.6 Å². The molecule has 7 nitrogen and oxygen atoms in total. The van der Waals surface area contributed by atoms with Crippen molar-refractivity contribution in [2.45, 2.75) is 31.8 Å². The molecule has 1 aliphatic heterocycles.